The second-order valence-electron chi connectivity index (χ2n) is 5.25. The molecule has 2 amide bonds. The Bertz CT molecular complexity index is 711. The van der Waals surface area contributed by atoms with E-state index in [4.69, 9.17) is 11.6 Å². The summed E-state index contributed by atoms with van der Waals surface area (Å²) in [5.74, 6) is -0.358. The predicted octanol–water partition coefficient (Wildman–Crippen LogP) is 4.04. The number of rotatable bonds is 5. The highest BCUT2D eigenvalue weighted by atomic mass is 35.5. The van der Waals surface area contributed by atoms with Gasteiger partial charge in [-0.05, 0) is 61.4 Å². The third kappa shape index (κ3) is 4.57. The van der Waals surface area contributed by atoms with Crippen LogP contribution in [0.1, 0.15) is 39.6 Å². The molecule has 2 rings (SSSR count). The summed E-state index contributed by atoms with van der Waals surface area (Å²) in [6.45, 7) is 4.51. The second-order valence-corrected chi connectivity index (χ2v) is 5.68. The molecule has 0 aromatic heterocycles. The van der Waals surface area contributed by atoms with Crippen LogP contribution >= 0.6 is 11.6 Å². The Balaban J connectivity index is 2.06. The van der Waals surface area contributed by atoms with Gasteiger partial charge in [-0.2, -0.15) is 0 Å². The summed E-state index contributed by atoms with van der Waals surface area (Å²) in [5, 5.41) is 6.26. The smallest absolute Gasteiger partial charge is 0.255 e. The number of hydrogen-bond donors (Lipinski definition) is 2. The molecule has 2 aromatic carbocycles. The van der Waals surface area contributed by atoms with Crippen molar-refractivity contribution in [2.75, 3.05) is 11.9 Å². The molecule has 0 fully saturated rings. The van der Waals surface area contributed by atoms with Crippen LogP contribution in [0.15, 0.2) is 42.5 Å². The highest BCUT2D eigenvalue weighted by Crippen LogP contribution is 2.20. The van der Waals surface area contributed by atoms with Crippen molar-refractivity contribution in [3.63, 3.8) is 0 Å². The lowest BCUT2D eigenvalue weighted by molar-refractivity contribution is 0.0951. The fourth-order valence-corrected chi connectivity index (χ4v) is 2.30. The van der Waals surface area contributed by atoms with E-state index in [1.165, 1.54) is 0 Å². The number of benzene rings is 2. The first-order valence-electron chi connectivity index (χ1n) is 7.47. The van der Waals surface area contributed by atoms with Gasteiger partial charge in [-0.1, -0.05) is 18.5 Å². The maximum Gasteiger partial charge on any atom is 0.255 e. The molecule has 0 aliphatic rings. The Morgan fingerprint density at radius 1 is 1.00 bits per heavy atom. The van der Waals surface area contributed by atoms with Gasteiger partial charge in [0.2, 0.25) is 0 Å². The van der Waals surface area contributed by atoms with E-state index < -0.39 is 0 Å². The fourth-order valence-electron chi connectivity index (χ4n) is 2.08. The number of halogens is 1. The molecule has 0 radical (unpaired) electrons. The largest absolute Gasteiger partial charge is 0.352 e. The van der Waals surface area contributed by atoms with Crippen LogP contribution in [0.5, 0.6) is 0 Å². The molecule has 0 atom stereocenters. The summed E-state index contributed by atoms with van der Waals surface area (Å²) in [5.41, 5.74) is 2.63. The quantitative estimate of drug-likeness (QED) is 0.869. The molecule has 2 aromatic rings. The van der Waals surface area contributed by atoms with E-state index >= 15 is 0 Å². The van der Waals surface area contributed by atoms with Gasteiger partial charge in [0, 0.05) is 28.4 Å². The average Bonchev–Trinajstić information content (AvgIpc) is 2.55. The van der Waals surface area contributed by atoms with Crippen molar-refractivity contribution in [3.8, 4) is 0 Å². The van der Waals surface area contributed by atoms with Crippen molar-refractivity contribution in [1.82, 2.24) is 5.32 Å². The van der Waals surface area contributed by atoms with Crippen molar-refractivity contribution in [1.29, 1.82) is 0 Å². The van der Waals surface area contributed by atoms with E-state index in [2.05, 4.69) is 10.6 Å². The van der Waals surface area contributed by atoms with Crippen LogP contribution in [-0.4, -0.2) is 18.4 Å². The summed E-state index contributed by atoms with van der Waals surface area (Å²) in [6.07, 6.45) is 0.882. The fraction of sp³-hybridized carbons (Fsp3) is 0.222. The molecule has 0 unspecified atom stereocenters. The van der Waals surface area contributed by atoms with Crippen LogP contribution in [0, 0.1) is 6.92 Å². The molecule has 0 bridgehead atoms. The van der Waals surface area contributed by atoms with Crippen LogP contribution in [0.25, 0.3) is 0 Å². The Labute approximate surface area is 140 Å². The van der Waals surface area contributed by atoms with Crippen molar-refractivity contribution in [3.05, 3.63) is 64.2 Å². The summed E-state index contributed by atoms with van der Waals surface area (Å²) in [7, 11) is 0. The molecular weight excluding hydrogens is 312 g/mol. The predicted molar refractivity (Wildman–Crippen MR) is 93.2 cm³/mol. The van der Waals surface area contributed by atoms with Crippen molar-refractivity contribution in [2.24, 2.45) is 0 Å². The first kappa shape index (κ1) is 17.0. The third-order valence-corrected chi connectivity index (χ3v) is 3.62. The second kappa shape index (κ2) is 7.79. The van der Waals surface area contributed by atoms with E-state index in [1.54, 1.807) is 42.5 Å². The Morgan fingerprint density at radius 2 is 1.61 bits per heavy atom. The first-order chi connectivity index (χ1) is 11.0. The number of amides is 2. The van der Waals surface area contributed by atoms with Crippen molar-refractivity contribution in [2.45, 2.75) is 20.3 Å². The molecule has 4 nitrogen and oxygen atoms in total. The van der Waals surface area contributed by atoms with Crippen LogP contribution in [0.3, 0.4) is 0 Å². The zero-order valence-corrected chi connectivity index (χ0v) is 13.9. The SMILES string of the molecule is CCCNC(=O)c1ccc(C(=O)Nc2ccc(Cl)cc2C)cc1. The van der Waals surface area contributed by atoms with Crippen molar-refractivity contribution >= 4 is 29.1 Å². The molecule has 0 aliphatic heterocycles. The first-order valence-corrected chi connectivity index (χ1v) is 7.85. The maximum absolute atomic E-state index is 12.3. The standard InChI is InChI=1S/C18H19ClN2O2/c1-3-10-20-17(22)13-4-6-14(7-5-13)18(23)21-16-9-8-15(19)11-12(16)2/h4-9,11H,3,10H2,1-2H3,(H,20,22)(H,21,23). The van der Waals surface area contributed by atoms with Gasteiger partial charge in [0.15, 0.2) is 0 Å². The Kier molecular flexibility index (Phi) is 5.77. The minimum Gasteiger partial charge on any atom is -0.352 e. The van der Waals surface area contributed by atoms with Gasteiger partial charge in [0.05, 0.1) is 0 Å². The van der Waals surface area contributed by atoms with E-state index in [-0.39, 0.29) is 11.8 Å². The minimum absolute atomic E-state index is 0.132. The molecule has 0 saturated carbocycles. The number of nitrogens with one attached hydrogen (secondary N) is 2. The van der Waals surface area contributed by atoms with Gasteiger partial charge in [0.1, 0.15) is 0 Å². The van der Waals surface area contributed by atoms with Gasteiger partial charge in [-0.15, -0.1) is 0 Å². The maximum atomic E-state index is 12.3. The molecule has 5 heteroatoms. The van der Waals surface area contributed by atoms with E-state index in [0.717, 1.165) is 12.0 Å². The molecule has 0 aliphatic carbocycles. The minimum atomic E-state index is -0.226. The number of carbonyl (C=O) groups excluding carboxylic acids is 2. The van der Waals surface area contributed by atoms with Crippen LogP contribution < -0.4 is 10.6 Å². The van der Waals surface area contributed by atoms with Crippen LogP contribution in [0.4, 0.5) is 5.69 Å². The number of carbonyl (C=O) groups is 2. The third-order valence-electron chi connectivity index (χ3n) is 3.38. The van der Waals surface area contributed by atoms with Crippen molar-refractivity contribution < 1.29 is 9.59 Å². The summed E-state index contributed by atoms with van der Waals surface area (Å²) >= 11 is 5.90. The molecule has 2 N–H and O–H groups in total. The number of anilines is 1. The Hall–Kier alpha value is -2.33. The van der Waals surface area contributed by atoms with Gasteiger partial charge in [0.25, 0.3) is 11.8 Å². The summed E-state index contributed by atoms with van der Waals surface area (Å²) in [4.78, 5) is 24.1. The zero-order chi connectivity index (χ0) is 16.8. The lowest BCUT2D eigenvalue weighted by atomic mass is 10.1. The zero-order valence-electron chi connectivity index (χ0n) is 13.2. The van der Waals surface area contributed by atoms with Gasteiger partial charge in [-0.3, -0.25) is 9.59 Å². The van der Waals surface area contributed by atoms with Crippen LogP contribution in [-0.2, 0) is 0 Å². The van der Waals surface area contributed by atoms with Crippen LogP contribution in [0.2, 0.25) is 5.02 Å². The summed E-state index contributed by atoms with van der Waals surface area (Å²) < 4.78 is 0. The number of hydrogen-bond acceptors (Lipinski definition) is 2. The molecule has 0 spiro atoms. The average molecular weight is 331 g/mol. The molecule has 120 valence electrons. The summed E-state index contributed by atoms with van der Waals surface area (Å²) in [6, 6.07) is 11.9. The highest BCUT2D eigenvalue weighted by Gasteiger charge is 2.10. The number of aryl methyl sites for hydroxylation is 1. The molecule has 0 heterocycles. The topological polar surface area (TPSA) is 58.2 Å². The molecular formula is C18H19ClN2O2. The lowest BCUT2D eigenvalue weighted by Gasteiger charge is -2.09. The van der Waals surface area contributed by atoms with E-state index in [0.29, 0.717) is 28.4 Å². The van der Waals surface area contributed by atoms with E-state index in [9.17, 15) is 9.59 Å². The Morgan fingerprint density at radius 3 is 2.17 bits per heavy atom. The lowest BCUT2D eigenvalue weighted by Crippen LogP contribution is -2.24. The van der Waals surface area contributed by atoms with Gasteiger partial charge < -0.3 is 10.6 Å². The van der Waals surface area contributed by atoms with E-state index in [1.807, 2.05) is 13.8 Å². The highest BCUT2D eigenvalue weighted by molar-refractivity contribution is 6.30. The molecule has 23 heavy (non-hydrogen) atoms. The van der Waals surface area contributed by atoms with Gasteiger partial charge >= 0.3 is 0 Å². The normalized spacial score (nSPS) is 10.2. The molecule has 0 saturated heterocycles. The monoisotopic (exact) mass is 330 g/mol. The van der Waals surface area contributed by atoms with Gasteiger partial charge in [-0.25, -0.2) is 0 Å².